The maximum absolute atomic E-state index is 11.8. The fourth-order valence-corrected chi connectivity index (χ4v) is 2.23. The zero-order valence-electron chi connectivity index (χ0n) is 12.2. The molecule has 0 bridgehead atoms. The van der Waals surface area contributed by atoms with Gasteiger partial charge in [-0.05, 0) is 50.6 Å². The minimum absolute atomic E-state index is 0.155. The summed E-state index contributed by atoms with van der Waals surface area (Å²) < 4.78 is 26.6. The molecule has 0 unspecified atom stereocenters. The van der Waals surface area contributed by atoms with Gasteiger partial charge in [-0.2, -0.15) is 0 Å². The van der Waals surface area contributed by atoms with Crippen LogP contribution in [-0.4, -0.2) is 34.8 Å². The van der Waals surface area contributed by atoms with E-state index in [2.05, 4.69) is 4.40 Å². The molecule has 1 heterocycles. The summed E-state index contributed by atoms with van der Waals surface area (Å²) in [5.41, 5.74) is 0.914. The molecule has 0 aliphatic carbocycles. The van der Waals surface area contributed by atoms with E-state index >= 15 is 0 Å². The van der Waals surface area contributed by atoms with Crippen LogP contribution in [0.1, 0.15) is 32.8 Å². The first kappa shape index (κ1) is 15.4. The van der Waals surface area contributed by atoms with Crippen LogP contribution in [0.4, 0.5) is 0 Å². The predicted octanol–water partition coefficient (Wildman–Crippen LogP) is 2.74. The van der Waals surface area contributed by atoms with Crippen LogP contribution in [0.25, 0.3) is 0 Å². The molecule has 0 spiro atoms. The summed E-state index contributed by atoms with van der Waals surface area (Å²) in [6, 6.07) is 7.63. The summed E-state index contributed by atoms with van der Waals surface area (Å²) in [5, 5.41) is 0. The van der Waals surface area contributed by atoms with E-state index in [0.29, 0.717) is 6.61 Å². The van der Waals surface area contributed by atoms with E-state index in [1.165, 1.54) is 0 Å². The SMILES string of the molecule is CC(C)(C)[S@@+]([O-])N=Cc1ccc(O[C@H]2CCOC2)cc1. The fraction of sp³-hybridized carbons (Fsp3) is 0.533. The molecule has 110 valence electrons. The van der Waals surface area contributed by atoms with E-state index in [9.17, 15) is 4.55 Å². The van der Waals surface area contributed by atoms with Crippen LogP contribution in [0, 0.1) is 0 Å². The summed E-state index contributed by atoms with van der Waals surface area (Å²) in [4.78, 5) is 0. The zero-order chi connectivity index (χ0) is 14.6. The van der Waals surface area contributed by atoms with E-state index in [1.54, 1.807) is 6.21 Å². The highest BCUT2D eigenvalue weighted by Gasteiger charge is 2.25. The molecule has 0 aromatic heterocycles. The van der Waals surface area contributed by atoms with Gasteiger partial charge >= 0.3 is 0 Å². The minimum atomic E-state index is -1.23. The van der Waals surface area contributed by atoms with Crippen LogP contribution in [0.2, 0.25) is 0 Å². The first-order chi connectivity index (χ1) is 9.45. The number of hydrogen-bond acceptors (Lipinski definition) is 4. The molecule has 1 saturated heterocycles. The molecule has 2 rings (SSSR count). The molecule has 0 radical (unpaired) electrons. The van der Waals surface area contributed by atoms with Gasteiger partial charge in [0.25, 0.3) is 0 Å². The van der Waals surface area contributed by atoms with Crippen molar-refractivity contribution in [1.82, 2.24) is 0 Å². The average molecular weight is 295 g/mol. The van der Waals surface area contributed by atoms with Crippen LogP contribution in [0.3, 0.4) is 0 Å². The summed E-state index contributed by atoms with van der Waals surface area (Å²) in [6.07, 6.45) is 2.74. The Kier molecular flexibility index (Phi) is 5.07. The first-order valence-electron chi connectivity index (χ1n) is 6.76. The Bertz CT molecular complexity index is 447. The molecule has 5 heteroatoms. The first-order valence-corrected chi connectivity index (χ1v) is 7.86. The maximum atomic E-state index is 11.8. The lowest BCUT2D eigenvalue weighted by molar-refractivity contribution is 0.141. The van der Waals surface area contributed by atoms with E-state index in [0.717, 1.165) is 24.3 Å². The monoisotopic (exact) mass is 295 g/mol. The molecular formula is C15H21NO3S. The molecule has 0 N–H and O–H groups in total. The van der Waals surface area contributed by atoms with Gasteiger partial charge in [0.05, 0.1) is 19.4 Å². The van der Waals surface area contributed by atoms with Gasteiger partial charge in [-0.15, -0.1) is 0 Å². The molecule has 2 atom stereocenters. The second-order valence-corrected chi connectivity index (χ2v) is 7.70. The summed E-state index contributed by atoms with van der Waals surface area (Å²) >= 11 is -1.23. The summed E-state index contributed by atoms with van der Waals surface area (Å²) in [6.45, 7) is 7.14. The smallest absolute Gasteiger partial charge is 0.144 e. The molecule has 4 nitrogen and oxygen atoms in total. The topological polar surface area (TPSA) is 53.9 Å². The molecule has 1 aromatic rings. The average Bonchev–Trinajstić information content (AvgIpc) is 2.89. The lowest BCUT2D eigenvalue weighted by atomic mass is 10.2. The highest BCUT2D eigenvalue weighted by Crippen LogP contribution is 2.19. The van der Waals surface area contributed by atoms with Crippen molar-refractivity contribution in [2.45, 2.75) is 38.0 Å². The molecule has 1 aliphatic heterocycles. The largest absolute Gasteiger partial charge is 0.591 e. The minimum Gasteiger partial charge on any atom is -0.591 e. The van der Waals surface area contributed by atoms with Crippen molar-refractivity contribution in [3.8, 4) is 5.75 Å². The Labute approximate surface area is 123 Å². The normalized spacial score (nSPS) is 21.3. The molecule has 1 aliphatic rings. The van der Waals surface area contributed by atoms with Crippen LogP contribution >= 0.6 is 0 Å². The van der Waals surface area contributed by atoms with Gasteiger partial charge in [-0.25, -0.2) is 0 Å². The van der Waals surface area contributed by atoms with Gasteiger partial charge in [0.1, 0.15) is 28.0 Å². The van der Waals surface area contributed by atoms with Crippen LogP contribution in [-0.2, 0) is 16.1 Å². The van der Waals surface area contributed by atoms with Crippen LogP contribution in [0.5, 0.6) is 5.75 Å². The Hall–Kier alpha value is -1.04. The van der Waals surface area contributed by atoms with Gasteiger partial charge in [-0.1, -0.05) is 4.40 Å². The molecule has 1 aromatic carbocycles. The Morgan fingerprint density at radius 3 is 2.60 bits per heavy atom. The second-order valence-electron chi connectivity index (χ2n) is 5.77. The van der Waals surface area contributed by atoms with E-state index < -0.39 is 11.4 Å². The van der Waals surface area contributed by atoms with Crippen molar-refractivity contribution in [1.29, 1.82) is 0 Å². The van der Waals surface area contributed by atoms with Crippen molar-refractivity contribution in [2.24, 2.45) is 4.40 Å². The Morgan fingerprint density at radius 2 is 2.05 bits per heavy atom. The number of hydrogen-bond donors (Lipinski definition) is 0. The maximum Gasteiger partial charge on any atom is 0.144 e. The Balaban J connectivity index is 1.92. The van der Waals surface area contributed by atoms with Gasteiger partial charge in [-0.3, -0.25) is 0 Å². The molecule has 0 saturated carbocycles. The van der Waals surface area contributed by atoms with Crippen molar-refractivity contribution < 1.29 is 14.0 Å². The van der Waals surface area contributed by atoms with Crippen LogP contribution in [0.15, 0.2) is 28.7 Å². The lowest BCUT2D eigenvalue weighted by Gasteiger charge is -2.17. The third-order valence-electron chi connectivity index (χ3n) is 2.89. The number of ether oxygens (including phenoxy) is 2. The third kappa shape index (κ3) is 4.51. The van der Waals surface area contributed by atoms with Crippen molar-refractivity contribution >= 4 is 17.6 Å². The van der Waals surface area contributed by atoms with Gasteiger partial charge < -0.3 is 14.0 Å². The Morgan fingerprint density at radius 1 is 1.35 bits per heavy atom. The highest BCUT2D eigenvalue weighted by molar-refractivity contribution is 7.91. The van der Waals surface area contributed by atoms with Gasteiger partial charge in [0.15, 0.2) is 0 Å². The number of nitrogens with zero attached hydrogens (tertiary/aromatic N) is 1. The number of rotatable bonds is 4. The molecule has 0 amide bonds. The van der Waals surface area contributed by atoms with Gasteiger partial charge in [0.2, 0.25) is 0 Å². The van der Waals surface area contributed by atoms with Gasteiger partial charge in [0, 0.05) is 6.42 Å². The summed E-state index contributed by atoms with van der Waals surface area (Å²) in [5.74, 6) is 0.828. The summed E-state index contributed by atoms with van der Waals surface area (Å²) in [7, 11) is 0. The standard InChI is InChI=1S/C15H21NO3S/c1-15(2,3)20(17)16-10-12-4-6-13(7-5-12)19-14-8-9-18-11-14/h4-7,10,14H,8-9,11H2,1-3H3/t14-,20+/m0/s1. The quantitative estimate of drug-likeness (QED) is 0.634. The fourth-order valence-electron chi connectivity index (χ4n) is 1.70. The predicted molar refractivity (Wildman–Crippen MR) is 81.8 cm³/mol. The van der Waals surface area contributed by atoms with E-state index in [4.69, 9.17) is 9.47 Å². The van der Waals surface area contributed by atoms with E-state index in [-0.39, 0.29) is 10.9 Å². The third-order valence-corrected chi connectivity index (χ3v) is 4.24. The molecule has 20 heavy (non-hydrogen) atoms. The van der Waals surface area contributed by atoms with Crippen molar-refractivity contribution in [2.75, 3.05) is 13.2 Å². The molecular weight excluding hydrogens is 274 g/mol. The number of benzene rings is 1. The highest BCUT2D eigenvalue weighted by atomic mass is 32.2. The van der Waals surface area contributed by atoms with Crippen molar-refractivity contribution in [3.63, 3.8) is 0 Å². The lowest BCUT2D eigenvalue weighted by Crippen LogP contribution is -2.25. The van der Waals surface area contributed by atoms with E-state index in [1.807, 2.05) is 45.0 Å². The van der Waals surface area contributed by atoms with Crippen LogP contribution < -0.4 is 4.74 Å². The second kappa shape index (κ2) is 6.61. The zero-order valence-corrected chi connectivity index (χ0v) is 13.0. The van der Waals surface area contributed by atoms with Crippen molar-refractivity contribution in [3.05, 3.63) is 29.8 Å². The molecule has 1 fully saturated rings.